The van der Waals surface area contributed by atoms with Gasteiger partial charge in [0.05, 0.1) is 5.56 Å². The highest BCUT2D eigenvalue weighted by atomic mass is 19.4. The molecule has 1 aliphatic carbocycles. The van der Waals surface area contributed by atoms with E-state index in [4.69, 9.17) is 5.73 Å². The number of nitrogens with zero attached hydrogens (tertiary/aromatic N) is 1. The topological polar surface area (TPSA) is 55.4 Å². The smallest absolute Gasteiger partial charge is 0.402 e. The summed E-state index contributed by atoms with van der Waals surface area (Å²) in [5, 5.41) is 0. The lowest BCUT2D eigenvalue weighted by molar-refractivity contribution is -0.137. The number of nitrogens with two attached hydrogens (primary N) is 1. The Balaban J connectivity index is 2.20. The molecule has 0 unspecified atom stereocenters. The van der Waals surface area contributed by atoms with Crippen molar-refractivity contribution in [3.63, 3.8) is 0 Å². The number of carbonyl (C=O) groups is 1. The highest BCUT2D eigenvalue weighted by Crippen LogP contribution is 2.29. The Hall–Kier alpha value is -2.11. The van der Waals surface area contributed by atoms with Gasteiger partial charge in [0.15, 0.2) is 0 Å². The predicted molar refractivity (Wildman–Crippen MR) is 69.3 cm³/mol. The highest BCUT2D eigenvalue weighted by Gasteiger charge is 2.30. The highest BCUT2D eigenvalue weighted by molar-refractivity contribution is 6.04. The Kier molecular flexibility index (Phi) is 3.92. The van der Waals surface area contributed by atoms with Crippen LogP contribution in [0.4, 0.5) is 13.2 Å². The van der Waals surface area contributed by atoms with E-state index in [1.807, 2.05) is 0 Å². The molecular formula is C14H13F3N2O. The average molecular weight is 282 g/mol. The lowest BCUT2D eigenvalue weighted by Gasteiger charge is -2.11. The van der Waals surface area contributed by atoms with E-state index < -0.39 is 17.6 Å². The van der Waals surface area contributed by atoms with Crippen LogP contribution in [0.5, 0.6) is 0 Å². The molecule has 1 amide bonds. The molecule has 0 saturated heterocycles. The van der Waals surface area contributed by atoms with E-state index in [0.29, 0.717) is 25.0 Å². The van der Waals surface area contributed by atoms with Crippen LogP contribution in [0.15, 0.2) is 41.0 Å². The van der Waals surface area contributed by atoms with Gasteiger partial charge in [0, 0.05) is 23.4 Å². The largest absolute Gasteiger partial charge is 0.416 e. The second-order valence-corrected chi connectivity index (χ2v) is 4.54. The number of hydrogen-bond donors (Lipinski definition) is 1. The summed E-state index contributed by atoms with van der Waals surface area (Å²) in [6.45, 7) is 0. The Bertz CT molecular complexity index is 588. The molecule has 2 rings (SSSR count). The van der Waals surface area contributed by atoms with Crippen LogP contribution in [0.2, 0.25) is 0 Å². The number of benzene rings is 1. The van der Waals surface area contributed by atoms with Gasteiger partial charge < -0.3 is 5.73 Å². The van der Waals surface area contributed by atoms with Gasteiger partial charge in [0.1, 0.15) is 0 Å². The van der Waals surface area contributed by atoms with Crippen molar-refractivity contribution in [2.24, 2.45) is 10.7 Å². The van der Waals surface area contributed by atoms with Crippen LogP contribution in [-0.4, -0.2) is 11.6 Å². The molecule has 0 heterocycles. The van der Waals surface area contributed by atoms with Gasteiger partial charge in [-0.15, -0.1) is 0 Å². The first-order valence-electron chi connectivity index (χ1n) is 6.09. The molecule has 0 aromatic heterocycles. The number of rotatable bonds is 1. The van der Waals surface area contributed by atoms with Gasteiger partial charge in [0.2, 0.25) is 0 Å². The minimum Gasteiger partial charge on any atom is -0.402 e. The fourth-order valence-corrected chi connectivity index (χ4v) is 1.88. The molecule has 0 atom stereocenters. The summed E-state index contributed by atoms with van der Waals surface area (Å²) in [7, 11) is 0. The van der Waals surface area contributed by atoms with Crippen LogP contribution in [0, 0.1) is 0 Å². The van der Waals surface area contributed by atoms with Crippen molar-refractivity contribution in [1.82, 2.24) is 0 Å². The van der Waals surface area contributed by atoms with E-state index in [0.717, 1.165) is 17.8 Å². The van der Waals surface area contributed by atoms with Crippen LogP contribution >= 0.6 is 0 Å². The minimum atomic E-state index is -4.47. The van der Waals surface area contributed by atoms with E-state index in [1.165, 1.54) is 12.1 Å². The Morgan fingerprint density at radius 1 is 1.25 bits per heavy atom. The van der Waals surface area contributed by atoms with E-state index in [2.05, 4.69) is 4.99 Å². The second kappa shape index (κ2) is 5.48. The van der Waals surface area contributed by atoms with Crippen molar-refractivity contribution in [1.29, 1.82) is 0 Å². The zero-order chi connectivity index (χ0) is 14.8. The van der Waals surface area contributed by atoms with E-state index >= 15 is 0 Å². The lowest BCUT2D eigenvalue weighted by Crippen LogP contribution is -2.12. The van der Waals surface area contributed by atoms with Gasteiger partial charge in [0.25, 0.3) is 5.91 Å². The van der Waals surface area contributed by atoms with Crippen LogP contribution in [-0.2, 0) is 6.18 Å². The number of alkyl halides is 3. The molecular weight excluding hydrogens is 269 g/mol. The van der Waals surface area contributed by atoms with Crippen LogP contribution < -0.4 is 5.73 Å². The molecule has 2 N–H and O–H groups in total. The van der Waals surface area contributed by atoms with E-state index in [-0.39, 0.29) is 5.56 Å². The maximum Gasteiger partial charge on any atom is 0.416 e. The third-order valence-corrected chi connectivity index (χ3v) is 3.00. The summed E-state index contributed by atoms with van der Waals surface area (Å²) in [5.74, 6) is -0.653. The molecule has 1 aromatic rings. The summed E-state index contributed by atoms with van der Waals surface area (Å²) in [6.07, 6.45) is -1.05. The molecule has 1 aromatic carbocycles. The van der Waals surface area contributed by atoms with Crippen molar-refractivity contribution < 1.29 is 18.0 Å². The Labute approximate surface area is 114 Å². The zero-order valence-corrected chi connectivity index (χ0v) is 10.6. The fraction of sp³-hybridized carbons (Fsp3) is 0.286. The molecule has 0 saturated carbocycles. The molecule has 0 fully saturated rings. The first-order valence-corrected chi connectivity index (χ1v) is 6.09. The third kappa shape index (κ3) is 3.46. The first kappa shape index (κ1) is 14.3. The number of carbonyl (C=O) groups excluding carboxylic acids is 1. The average Bonchev–Trinajstić information content (AvgIpc) is 2.40. The minimum absolute atomic E-state index is 0.0603. The molecule has 0 spiro atoms. The normalized spacial score (nSPS) is 17.9. The van der Waals surface area contributed by atoms with Gasteiger partial charge in [-0.3, -0.25) is 4.79 Å². The summed E-state index contributed by atoms with van der Waals surface area (Å²) in [4.78, 5) is 15.7. The number of amides is 1. The molecule has 0 aliphatic heterocycles. The number of halogens is 3. The molecule has 0 bridgehead atoms. The lowest BCUT2D eigenvalue weighted by atomic mass is 10.0. The van der Waals surface area contributed by atoms with Crippen molar-refractivity contribution in [3.05, 3.63) is 47.2 Å². The van der Waals surface area contributed by atoms with Gasteiger partial charge in [-0.2, -0.15) is 13.2 Å². The maximum absolute atomic E-state index is 12.6. The van der Waals surface area contributed by atoms with Crippen molar-refractivity contribution in [2.45, 2.75) is 25.4 Å². The maximum atomic E-state index is 12.6. The van der Waals surface area contributed by atoms with Crippen LogP contribution in [0.25, 0.3) is 0 Å². The standard InChI is InChI=1S/C14H13F3N2O/c15-14(16,17)10-3-1-2-9(8-10)13(20)19-12-6-4-11(18)5-7-12/h1-4,8H,5-7,18H2. The number of allylic oxidation sites excluding steroid dienone is 2. The number of aliphatic imine (C=N–C) groups is 1. The van der Waals surface area contributed by atoms with E-state index in [1.54, 1.807) is 6.08 Å². The van der Waals surface area contributed by atoms with Crippen molar-refractivity contribution in [3.8, 4) is 0 Å². The first-order chi connectivity index (χ1) is 9.36. The predicted octanol–water partition coefficient (Wildman–Crippen LogP) is 3.31. The van der Waals surface area contributed by atoms with E-state index in [9.17, 15) is 18.0 Å². The fourth-order valence-electron chi connectivity index (χ4n) is 1.88. The summed E-state index contributed by atoms with van der Waals surface area (Å²) in [6, 6.07) is 4.27. The monoisotopic (exact) mass is 282 g/mol. The summed E-state index contributed by atoms with van der Waals surface area (Å²) < 4.78 is 37.7. The quantitative estimate of drug-likeness (QED) is 0.859. The third-order valence-electron chi connectivity index (χ3n) is 3.00. The second-order valence-electron chi connectivity index (χ2n) is 4.54. The SMILES string of the molecule is NC1=CCC(=NC(=O)c2cccc(C(F)(F)F)c2)CC1. The van der Waals surface area contributed by atoms with Crippen LogP contribution in [0.1, 0.15) is 35.2 Å². The summed E-state index contributed by atoms with van der Waals surface area (Å²) in [5.41, 5.74) is 6.08. The summed E-state index contributed by atoms with van der Waals surface area (Å²) >= 11 is 0. The molecule has 106 valence electrons. The number of hydrogen-bond acceptors (Lipinski definition) is 2. The van der Waals surface area contributed by atoms with Crippen LogP contribution in [0.3, 0.4) is 0 Å². The van der Waals surface area contributed by atoms with Crippen molar-refractivity contribution in [2.75, 3.05) is 0 Å². The zero-order valence-electron chi connectivity index (χ0n) is 10.6. The molecule has 6 heteroatoms. The molecule has 20 heavy (non-hydrogen) atoms. The van der Waals surface area contributed by atoms with Gasteiger partial charge in [-0.25, -0.2) is 4.99 Å². The van der Waals surface area contributed by atoms with Gasteiger partial charge in [-0.1, -0.05) is 12.1 Å². The Morgan fingerprint density at radius 2 is 2.00 bits per heavy atom. The van der Waals surface area contributed by atoms with Gasteiger partial charge in [-0.05, 0) is 31.0 Å². The molecule has 1 aliphatic rings. The van der Waals surface area contributed by atoms with Crippen molar-refractivity contribution >= 4 is 11.6 Å². The molecule has 0 radical (unpaired) electrons. The Morgan fingerprint density at radius 3 is 2.60 bits per heavy atom. The van der Waals surface area contributed by atoms with Gasteiger partial charge >= 0.3 is 6.18 Å². The molecule has 3 nitrogen and oxygen atoms in total.